The van der Waals surface area contributed by atoms with Crippen LogP contribution in [0.3, 0.4) is 0 Å². The molecule has 0 spiro atoms. The molecule has 0 atom stereocenters. The first-order valence-electron chi connectivity index (χ1n) is 13.0. The lowest BCUT2D eigenvalue weighted by Gasteiger charge is -2.07. The van der Waals surface area contributed by atoms with Gasteiger partial charge >= 0.3 is 3.98 Å². The SMILES string of the molecule is CCCCCCCCCCCCCCCCCc1sc(=[N+]2CCCCC2)sc1C. The van der Waals surface area contributed by atoms with Crippen molar-refractivity contribution in [2.24, 2.45) is 0 Å². The van der Waals surface area contributed by atoms with Crippen LogP contribution in [0.5, 0.6) is 0 Å². The van der Waals surface area contributed by atoms with Crippen LogP contribution in [0.1, 0.15) is 132 Å². The van der Waals surface area contributed by atoms with Crippen LogP contribution >= 0.6 is 22.7 Å². The molecule has 168 valence electrons. The zero-order chi connectivity index (χ0) is 20.6. The molecule has 0 amide bonds. The maximum absolute atomic E-state index is 2.64. The number of nitrogens with zero attached hydrogens (tertiary/aromatic N) is 1. The number of piperidine rings is 1. The van der Waals surface area contributed by atoms with E-state index in [0.29, 0.717) is 0 Å². The third-order valence-electron chi connectivity index (χ3n) is 6.47. The van der Waals surface area contributed by atoms with Crippen molar-refractivity contribution < 1.29 is 0 Å². The topological polar surface area (TPSA) is 3.01 Å². The van der Waals surface area contributed by atoms with E-state index in [0.717, 1.165) is 0 Å². The Labute approximate surface area is 189 Å². The molecule has 0 radical (unpaired) electrons. The van der Waals surface area contributed by atoms with E-state index in [1.54, 1.807) is 13.7 Å². The van der Waals surface area contributed by atoms with Crippen molar-refractivity contribution in [2.75, 3.05) is 13.1 Å². The fourth-order valence-electron chi connectivity index (χ4n) is 4.48. The van der Waals surface area contributed by atoms with E-state index in [4.69, 9.17) is 0 Å². The average molecular weight is 439 g/mol. The van der Waals surface area contributed by atoms with Crippen molar-refractivity contribution in [3.05, 3.63) is 13.7 Å². The standard InChI is InChI=1S/C26H48NS2/c1-3-4-5-6-7-8-9-10-11-12-13-14-15-16-18-21-25-24(2)28-26(29-25)27-22-19-17-20-23-27/h3-23H2,1-2H3/q+1. The van der Waals surface area contributed by atoms with Gasteiger partial charge in [0.1, 0.15) is 13.1 Å². The molecule has 1 aliphatic rings. The lowest BCUT2D eigenvalue weighted by Crippen LogP contribution is -2.31. The quantitative estimate of drug-likeness (QED) is 0.180. The first-order valence-corrected chi connectivity index (χ1v) is 14.6. The minimum Gasteiger partial charge on any atom is -0.212 e. The van der Waals surface area contributed by atoms with E-state index in [2.05, 4.69) is 41.1 Å². The van der Waals surface area contributed by atoms with Gasteiger partial charge in [0.25, 0.3) is 0 Å². The summed E-state index contributed by atoms with van der Waals surface area (Å²) >= 11 is 4.15. The lowest BCUT2D eigenvalue weighted by atomic mass is 10.0. The first-order chi connectivity index (χ1) is 14.3. The lowest BCUT2D eigenvalue weighted by molar-refractivity contribution is 0.459. The summed E-state index contributed by atoms with van der Waals surface area (Å²) in [6.07, 6.45) is 27.3. The van der Waals surface area contributed by atoms with Crippen molar-refractivity contribution in [1.29, 1.82) is 0 Å². The Kier molecular flexibility index (Phi) is 14.3. The van der Waals surface area contributed by atoms with Crippen LogP contribution in [0, 0.1) is 6.92 Å². The molecule has 0 aromatic carbocycles. The van der Waals surface area contributed by atoms with Crippen molar-refractivity contribution in [3.63, 3.8) is 0 Å². The van der Waals surface area contributed by atoms with Crippen LogP contribution in [0.15, 0.2) is 0 Å². The summed E-state index contributed by atoms with van der Waals surface area (Å²) in [7, 11) is 0. The number of rotatable bonds is 16. The van der Waals surface area contributed by atoms with Crippen molar-refractivity contribution >= 4 is 22.7 Å². The van der Waals surface area contributed by atoms with Crippen molar-refractivity contribution in [2.45, 2.75) is 136 Å². The molecule has 1 fully saturated rings. The predicted molar refractivity (Wildman–Crippen MR) is 134 cm³/mol. The van der Waals surface area contributed by atoms with E-state index in [9.17, 15) is 0 Å². The van der Waals surface area contributed by atoms with E-state index in [-0.39, 0.29) is 0 Å². The van der Waals surface area contributed by atoms with Gasteiger partial charge in [-0.05, 0) is 26.2 Å². The van der Waals surface area contributed by atoms with Crippen LogP contribution < -0.4 is 8.56 Å². The van der Waals surface area contributed by atoms with Gasteiger partial charge in [-0.3, -0.25) is 0 Å². The molecule has 0 saturated carbocycles. The molecular formula is C26H48NS2+. The summed E-state index contributed by atoms with van der Waals surface area (Å²) in [5, 5.41) is 0. The summed E-state index contributed by atoms with van der Waals surface area (Å²) < 4.78 is 4.22. The van der Waals surface area contributed by atoms with Crippen LogP contribution in [0.25, 0.3) is 0 Å². The van der Waals surface area contributed by atoms with Crippen molar-refractivity contribution in [3.8, 4) is 0 Å². The van der Waals surface area contributed by atoms with Crippen molar-refractivity contribution in [1.82, 2.24) is 4.58 Å². The summed E-state index contributed by atoms with van der Waals surface area (Å²) in [5.74, 6) is 0. The van der Waals surface area contributed by atoms with Crippen LogP contribution in [-0.2, 0) is 6.42 Å². The molecule has 1 saturated heterocycles. The fraction of sp³-hybridized carbons (Fsp3) is 0.885. The van der Waals surface area contributed by atoms with Gasteiger partial charge in [0.2, 0.25) is 0 Å². The van der Waals surface area contributed by atoms with E-state index in [1.165, 1.54) is 135 Å². The van der Waals surface area contributed by atoms with Gasteiger partial charge in [0.05, 0.1) is 0 Å². The Bertz CT molecular complexity index is 576. The molecule has 1 aromatic rings. The van der Waals surface area contributed by atoms with Gasteiger partial charge in [0, 0.05) is 22.6 Å². The normalized spacial score (nSPS) is 14.6. The number of aryl methyl sites for hydroxylation is 2. The van der Waals surface area contributed by atoms with Gasteiger partial charge in [-0.2, -0.15) is 0 Å². The molecule has 1 nitrogen and oxygen atoms in total. The maximum Gasteiger partial charge on any atom is 0.314 e. The highest BCUT2D eigenvalue weighted by molar-refractivity contribution is 7.27. The summed E-state index contributed by atoms with van der Waals surface area (Å²) in [4.78, 5) is 3.26. The number of hydrogen-bond donors (Lipinski definition) is 0. The highest BCUT2D eigenvalue weighted by Gasteiger charge is 2.15. The van der Waals surface area contributed by atoms with Gasteiger partial charge in [-0.25, -0.2) is 4.58 Å². The first kappa shape index (κ1) is 25.1. The van der Waals surface area contributed by atoms with Gasteiger partial charge in [0.15, 0.2) is 0 Å². The van der Waals surface area contributed by atoms with Crippen LogP contribution in [0.4, 0.5) is 0 Å². The zero-order valence-corrected chi connectivity index (χ0v) is 21.2. The molecule has 0 bridgehead atoms. The fourth-order valence-corrected chi connectivity index (χ4v) is 7.27. The molecule has 2 heterocycles. The zero-order valence-electron chi connectivity index (χ0n) is 19.6. The van der Waals surface area contributed by atoms with Gasteiger partial charge in [-0.1, -0.05) is 119 Å². The Balaban J connectivity index is 1.42. The Hall–Kier alpha value is -0.150. The Morgan fingerprint density at radius 1 is 0.621 bits per heavy atom. The third-order valence-corrected chi connectivity index (χ3v) is 9.27. The summed E-state index contributed by atoms with van der Waals surface area (Å²) in [6.45, 7) is 7.22. The highest BCUT2D eigenvalue weighted by atomic mass is 32.2. The second-order valence-electron chi connectivity index (χ2n) is 9.20. The molecule has 1 aliphatic heterocycles. The summed E-state index contributed by atoms with van der Waals surface area (Å²) in [5.41, 5.74) is 0. The predicted octanol–water partition coefficient (Wildman–Crippen LogP) is 8.49. The molecule has 29 heavy (non-hydrogen) atoms. The van der Waals surface area contributed by atoms with E-state index < -0.39 is 0 Å². The maximum atomic E-state index is 2.64. The monoisotopic (exact) mass is 438 g/mol. The third kappa shape index (κ3) is 11.2. The molecule has 0 N–H and O–H groups in total. The van der Waals surface area contributed by atoms with E-state index >= 15 is 0 Å². The average Bonchev–Trinajstić information content (AvgIpc) is 3.12. The second-order valence-corrected chi connectivity index (χ2v) is 11.7. The molecular weight excluding hydrogens is 390 g/mol. The molecule has 2 rings (SSSR count). The Morgan fingerprint density at radius 3 is 1.62 bits per heavy atom. The van der Waals surface area contributed by atoms with E-state index in [1.807, 2.05) is 0 Å². The minimum absolute atomic E-state index is 1.29. The highest BCUT2D eigenvalue weighted by Crippen LogP contribution is 2.20. The Morgan fingerprint density at radius 2 is 1.10 bits per heavy atom. The molecule has 0 unspecified atom stereocenters. The van der Waals surface area contributed by atoms with Gasteiger partial charge in [-0.15, -0.1) is 0 Å². The van der Waals surface area contributed by atoms with Gasteiger partial charge < -0.3 is 0 Å². The summed E-state index contributed by atoms with van der Waals surface area (Å²) in [6, 6.07) is 0. The van der Waals surface area contributed by atoms with Crippen LogP contribution in [0.2, 0.25) is 0 Å². The number of unbranched alkanes of at least 4 members (excludes halogenated alkanes) is 14. The molecule has 0 aliphatic carbocycles. The largest absolute Gasteiger partial charge is 0.314 e. The van der Waals surface area contributed by atoms with Crippen LogP contribution in [-0.4, -0.2) is 13.1 Å². The second kappa shape index (κ2) is 16.5. The molecule has 1 aromatic heterocycles. The minimum atomic E-state index is 1.29. The smallest absolute Gasteiger partial charge is 0.212 e. The number of hydrogen-bond acceptors (Lipinski definition) is 2. The molecule has 3 heteroatoms.